The summed E-state index contributed by atoms with van der Waals surface area (Å²) >= 11 is 0. The summed E-state index contributed by atoms with van der Waals surface area (Å²) in [5.74, 6) is -7.30. The molecule has 0 unspecified atom stereocenters. The van der Waals surface area contributed by atoms with Crippen LogP contribution in [0.1, 0.15) is 108 Å². The van der Waals surface area contributed by atoms with Crippen LogP contribution in [-0.4, -0.2) is 122 Å². The fraction of sp³-hybridized carbons (Fsp3) is 0.354. The van der Waals surface area contributed by atoms with Gasteiger partial charge in [-0.15, -0.1) is 0 Å². The number of aliphatic imine (C=N–C) groups is 1. The van der Waals surface area contributed by atoms with Crippen molar-refractivity contribution in [3.05, 3.63) is 121 Å². The van der Waals surface area contributed by atoms with Crippen molar-refractivity contribution in [2.45, 2.75) is 89.2 Å². The monoisotopic (exact) mass is 926 g/mol. The van der Waals surface area contributed by atoms with Crippen molar-refractivity contribution >= 4 is 41.9 Å². The molecular weight excluding hydrogens is 873 g/mol. The summed E-state index contributed by atoms with van der Waals surface area (Å²) in [5, 5.41) is 76.7. The molecule has 4 aromatic rings. The van der Waals surface area contributed by atoms with Gasteiger partial charge in [-0.1, -0.05) is 48.5 Å². The van der Waals surface area contributed by atoms with E-state index in [1.54, 1.807) is 30.3 Å². The van der Waals surface area contributed by atoms with Crippen LogP contribution in [0.15, 0.2) is 59.6 Å². The van der Waals surface area contributed by atoms with Gasteiger partial charge in [0, 0.05) is 46.7 Å². The number of hydrogen-bond donors (Lipinski definition) is 10. The first kappa shape index (κ1) is 50.0. The van der Waals surface area contributed by atoms with Gasteiger partial charge in [-0.2, -0.15) is 0 Å². The number of rotatable bonds is 19. The molecule has 5 atom stereocenters. The zero-order valence-electron chi connectivity index (χ0n) is 36.8. The number of phenolic OH excluding ortho intramolecular Hbond substituents is 1. The minimum Gasteiger partial charge on any atom is -0.507 e. The van der Waals surface area contributed by atoms with Gasteiger partial charge in [0.2, 0.25) is 12.1 Å². The molecule has 356 valence electrons. The standard InChI is InChI=1S/C48H54N4O15/c1-24-44(61)48(62,63)45(64-15-14-52-47(50)51)46(65-24)67-37-20-34-40(41(58)33(37)18-28-8-4-9-29(21-53)35(28)23-55)43(60)38-30(22-54)19-36(66-25(2)56)32(39(38)42(34)59)12-11-26-6-3-7-27(16-26)17-31(57)10-5-13-49/h3-4,6-9,11-12,16,19-20,23-24,31,44-46,53-54,57-58,61-63H,5,10,13-15,17-18,21-22,49H2,1-2H3,(H4,50,51,52)/b12-11-/t24-,31+,44+,45-,46+/m0/s1. The predicted molar refractivity (Wildman–Crippen MR) is 241 cm³/mol. The zero-order chi connectivity index (χ0) is 48.7. The highest BCUT2D eigenvalue weighted by Gasteiger charge is 2.56. The molecule has 1 heterocycles. The van der Waals surface area contributed by atoms with Crippen LogP contribution in [0.5, 0.6) is 17.2 Å². The Labute approximate surface area is 384 Å². The maximum Gasteiger partial charge on any atom is 0.308 e. The number of carbonyl (C=O) groups is 4. The lowest BCUT2D eigenvalue weighted by Crippen LogP contribution is -2.67. The summed E-state index contributed by atoms with van der Waals surface area (Å²) in [5.41, 5.74) is 16.4. The summed E-state index contributed by atoms with van der Waals surface area (Å²) in [7, 11) is 0. The zero-order valence-corrected chi connectivity index (χ0v) is 36.8. The number of aldehydes is 1. The molecule has 19 nitrogen and oxygen atoms in total. The average molecular weight is 927 g/mol. The Balaban J connectivity index is 1.54. The highest BCUT2D eigenvalue weighted by molar-refractivity contribution is 6.31. The highest BCUT2D eigenvalue weighted by Crippen LogP contribution is 2.46. The van der Waals surface area contributed by atoms with Crippen LogP contribution < -0.4 is 26.7 Å². The normalized spacial score (nSPS) is 19.1. The number of nitrogens with two attached hydrogens (primary N) is 3. The number of hydrogen-bond acceptors (Lipinski definition) is 17. The average Bonchev–Trinajstić information content (AvgIpc) is 3.28. The number of ketones is 2. The van der Waals surface area contributed by atoms with Crippen molar-refractivity contribution in [2.24, 2.45) is 22.2 Å². The van der Waals surface area contributed by atoms with Crippen LogP contribution in [0, 0.1) is 0 Å². The van der Waals surface area contributed by atoms with Gasteiger partial charge in [-0.3, -0.25) is 24.2 Å². The summed E-state index contributed by atoms with van der Waals surface area (Å²) in [6, 6.07) is 14.1. The number of ether oxygens (including phenoxy) is 4. The molecular formula is C48H54N4O15. The number of aliphatic hydroxyl groups is 6. The van der Waals surface area contributed by atoms with Gasteiger partial charge in [-0.25, -0.2) is 0 Å². The Hall–Kier alpha value is -6.39. The van der Waals surface area contributed by atoms with Crippen molar-refractivity contribution in [1.82, 2.24) is 0 Å². The maximum atomic E-state index is 15.1. The maximum absolute atomic E-state index is 15.1. The van der Waals surface area contributed by atoms with Gasteiger partial charge in [0.25, 0.3) is 0 Å². The van der Waals surface area contributed by atoms with Gasteiger partial charge < -0.3 is 71.9 Å². The largest absolute Gasteiger partial charge is 0.507 e. The molecule has 0 saturated carbocycles. The molecule has 1 aliphatic heterocycles. The molecule has 0 spiro atoms. The van der Waals surface area contributed by atoms with Crippen LogP contribution in [-0.2, 0) is 40.3 Å². The molecule has 6 rings (SSSR count). The highest BCUT2D eigenvalue weighted by atomic mass is 16.7. The molecule has 13 N–H and O–H groups in total. The van der Waals surface area contributed by atoms with Crippen molar-refractivity contribution in [3.63, 3.8) is 0 Å². The Morgan fingerprint density at radius 3 is 2.33 bits per heavy atom. The lowest BCUT2D eigenvalue weighted by Gasteiger charge is -2.45. The third-order valence-corrected chi connectivity index (χ3v) is 11.5. The van der Waals surface area contributed by atoms with E-state index in [-0.39, 0.29) is 81.5 Å². The second-order valence-electron chi connectivity index (χ2n) is 16.2. The first-order valence-electron chi connectivity index (χ1n) is 21.4. The van der Waals surface area contributed by atoms with E-state index in [0.29, 0.717) is 37.7 Å². The van der Waals surface area contributed by atoms with Gasteiger partial charge in [0.15, 0.2) is 29.9 Å². The molecule has 0 bridgehead atoms. The third-order valence-electron chi connectivity index (χ3n) is 11.5. The van der Waals surface area contributed by atoms with E-state index in [4.69, 9.17) is 36.1 Å². The minimum atomic E-state index is -3.04. The fourth-order valence-corrected chi connectivity index (χ4v) is 8.25. The fourth-order valence-electron chi connectivity index (χ4n) is 8.25. The smallest absolute Gasteiger partial charge is 0.308 e. The van der Waals surface area contributed by atoms with E-state index in [0.717, 1.165) is 18.6 Å². The molecule has 67 heavy (non-hydrogen) atoms. The molecule has 0 amide bonds. The lowest BCUT2D eigenvalue weighted by molar-refractivity contribution is -0.378. The molecule has 4 aromatic carbocycles. The van der Waals surface area contributed by atoms with Crippen molar-refractivity contribution in [1.29, 1.82) is 0 Å². The number of benzene rings is 4. The van der Waals surface area contributed by atoms with Crippen LogP contribution in [0.4, 0.5) is 0 Å². The second-order valence-corrected chi connectivity index (χ2v) is 16.2. The molecule has 1 aliphatic carbocycles. The molecule has 1 fully saturated rings. The molecule has 0 radical (unpaired) electrons. The number of aromatic hydroxyl groups is 1. The summed E-state index contributed by atoms with van der Waals surface area (Å²) in [6.45, 7) is 1.00. The van der Waals surface area contributed by atoms with Crippen LogP contribution in [0.25, 0.3) is 12.2 Å². The van der Waals surface area contributed by atoms with Gasteiger partial charge >= 0.3 is 5.97 Å². The van der Waals surface area contributed by atoms with E-state index in [1.807, 2.05) is 6.07 Å². The summed E-state index contributed by atoms with van der Waals surface area (Å²) in [6.07, 6.45) is -3.03. The molecule has 2 aliphatic rings. The number of esters is 1. The van der Waals surface area contributed by atoms with E-state index in [1.165, 1.54) is 31.2 Å². The lowest BCUT2D eigenvalue weighted by atomic mass is 9.77. The van der Waals surface area contributed by atoms with E-state index >= 15 is 4.79 Å². The first-order valence-corrected chi connectivity index (χ1v) is 21.4. The minimum absolute atomic E-state index is 0.0414. The Bertz CT molecular complexity index is 2590. The van der Waals surface area contributed by atoms with E-state index in [9.17, 15) is 50.1 Å². The molecule has 19 heteroatoms. The Morgan fingerprint density at radius 1 is 0.940 bits per heavy atom. The SMILES string of the molecule is CC(=O)Oc1cc(CO)c2c(c1/C=C\c1cccc(C[C@H](O)CCCN)c1)C(=O)c1cc(O[C@H]3O[C@@H](C)[C@@H](O)C(O)(O)[C@H]3OCCN=C(N)N)c(Cc3cccc(CO)c3C=O)c(O)c1C2=O. The second kappa shape index (κ2) is 21.5. The van der Waals surface area contributed by atoms with Crippen molar-refractivity contribution in [3.8, 4) is 17.2 Å². The summed E-state index contributed by atoms with van der Waals surface area (Å²) in [4.78, 5) is 58.7. The molecule has 1 saturated heterocycles. The quantitative estimate of drug-likeness (QED) is 0.00810. The van der Waals surface area contributed by atoms with Gasteiger partial charge in [0.05, 0.1) is 44.1 Å². The number of nitrogens with zero attached hydrogens (tertiary/aromatic N) is 1. The van der Waals surface area contributed by atoms with Crippen molar-refractivity contribution in [2.75, 3.05) is 19.7 Å². The number of guanidine groups is 1. The van der Waals surface area contributed by atoms with Crippen molar-refractivity contribution < 1.29 is 73.9 Å². The number of fused-ring (bicyclic) bond motifs is 2. The van der Waals surface area contributed by atoms with Crippen LogP contribution >= 0.6 is 0 Å². The Morgan fingerprint density at radius 2 is 1.66 bits per heavy atom. The molecule has 0 aromatic heterocycles. The van der Waals surface area contributed by atoms with Gasteiger partial charge in [0.1, 0.15) is 23.4 Å². The number of phenols is 1. The Kier molecular flexibility index (Phi) is 16.0. The number of carbonyl (C=O) groups excluding carboxylic acids is 4. The predicted octanol–water partition coefficient (Wildman–Crippen LogP) is 1.12. The van der Waals surface area contributed by atoms with Crippen LogP contribution in [0.3, 0.4) is 0 Å². The topological polar surface area (TPSA) is 337 Å². The third kappa shape index (κ3) is 10.8. The van der Waals surface area contributed by atoms with E-state index in [2.05, 4.69) is 4.99 Å². The van der Waals surface area contributed by atoms with Gasteiger partial charge in [-0.05, 0) is 78.8 Å². The van der Waals surface area contributed by atoms with Crippen LogP contribution in [0.2, 0.25) is 0 Å². The van der Waals surface area contributed by atoms with E-state index < -0.39 is 84.1 Å². The first-order chi connectivity index (χ1) is 31.9. The summed E-state index contributed by atoms with van der Waals surface area (Å²) < 4.78 is 23.5. The number of aliphatic hydroxyl groups excluding tert-OH is 4.